The first kappa shape index (κ1) is 25.8. The minimum absolute atomic E-state index is 0.0525. The first-order chi connectivity index (χ1) is 17.4. The molecule has 1 atom stereocenters. The lowest BCUT2D eigenvalue weighted by Crippen LogP contribution is -2.45. The van der Waals surface area contributed by atoms with Gasteiger partial charge in [0.25, 0.3) is 11.6 Å². The van der Waals surface area contributed by atoms with Gasteiger partial charge in [-0.3, -0.25) is 19.7 Å². The molecular weight excluding hydrogens is 502 g/mol. The number of ether oxygens (including phenoxy) is 1. The highest BCUT2D eigenvalue weighted by molar-refractivity contribution is 7.09. The van der Waals surface area contributed by atoms with Gasteiger partial charge in [-0.05, 0) is 42.0 Å². The Morgan fingerprint density at radius 3 is 2.56 bits per heavy atom. The molecule has 1 aliphatic rings. The fourth-order valence-electron chi connectivity index (χ4n) is 4.11. The summed E-state index contributed by atoms with van der Waals surface area (Å²) in [5.74, 6) is -0.698. The molecule has 1 saturated heterocycles. The normalized spacial score (nSPS) is 15.0. The molecule has 10 heteroatoms. The van der Waals surface area contributed by atoms with Crippen LogP contribution in [0.5, 0.6) is 0 Å². The van der Waals surface area contributed by atoms with E-state index in [-0.39, 0.29) is 41.4 Å². The lowest BCUT2D eigenvalue weighted by atomic mass is 10.1. The van der Waals surface area contributed by atoms with Crippen molar-refractivity contribution in [2.45, 2.75) is 32.0 Å². The van der Waals surface area contributed by atoms with Gasteiger partial charge < -0.3 is 14.5 Å². The van der Waals surface area contributed by atoms with Crippen molar-refractivity contribution in [3.63, 3.8) is 0 Å². The topological polar surface area (TPSA) is 93.0 Å². The van der Waals surface area contributed by atoms with Crippen LogP contribution in [0.1, 0.15) is 33.6 Å². The third kappa shape index (κ3) is 6.69. The van der Waals surface area contributed by atoms with Crippen molar-refractivity contribution in [3.8, 4) is 0 Å². The number of thiophene rings is 1. The fourth-order valence-corrected chi connectivity index (χ4v) is 5.02. The molecule has 0 N–H and O–H groups in total. The van der Waals surface area contributed by atoms with E-state index < -0.39 is 10.8 Å². The highest BCUT2D eigenvalue weighted by Crippen LogP contribution is 2.26. The lowest BCUT2D eigenvalue weighted by Gasteiger charge is -2.29. The van der Waals surface area contributed by atoms with E-state index in [9.17, 15) is 19.7 Å². The van der Waals surface area contributed by atoms with Gasteiger partial charge in [-0.25, -0.2) is 0 Å². The maximum Gasteiger partial charge on any atom is 0.288 e. The molecule has 2 amide bonds. The van der Waals surface area contributed by atoms with Crippen LogP contribution in [0, 0.1) is 10.1 Å². The molecule has 1 aliphatic heterocycles. The van der Waals surface area contributed by atoms with Gasteiger partial charge in [0.1, 0.15) is 11.6 Å². The SMILES string of the molecule is O=C(CN(C[C@H]1CCCO1)C(=O)c1ccc(Cl)c([N+](=O)[O-])c1)N(Cc1ccccc1)Cc1cccs1. The quantitative estimate of drug-likeness (QED) is 0.268. The fraction of sp³-hybridized carbons (Fsp3) is 0.308. The number of rotatable bonds is 10. The molecule has 2 aromatic carbocycles. The average Bonchev–Trinajstić information content (AvgIpc) is 3.58. The van der Waals surface area contributed by atoms with Crippen molar-refractivity contribution in [1.82, 2.24) is 9.80 Å². The molecule has 0 spiro atoms. The Balaban J connectivity index is 1.58. The van der Waals surface area contributed by atoms with Crippen LogP contribution in [0.4, 0.5) is 5.69 Å². The molecule has 4 rings (SSSR count). The number of hydrogen-bond donors (Lipinski definition) is 0. The number of amides is 2. The minimum Gasteiger partial charge on any atom is -0.376 e. The van der Waals surface area contributed by atoms with Crippen molar-refractivity contribution in [1.29, 1.82) is 0 Å². The van der Waals surface area contributed by atoms with Crippen LogP contribution in [0.25, 0.3) is 0 Å². The van der Waals surface area contributed by atoms with E-state index in [4.69, 9.17) is 16.3 Å². The van der Waals surface area contributed by atoms with Crippen molar-refractivity contribution in [2.24, 2.45) is 0 Å². The third-order valence-electron chi connectivity index (χ3n) is 5.95. The Labute approximate surface area is 218 Å². The number of halogens is 1. The summed E-state index contributed by atoms with van der Waals surface area (Å²) < 4.78 is 5.73. The lowest BCUT2D eigenvalue weighted by molar-refractivity contribution is -0.384. The smallest absolute Gasteiger partial charge is 0.288 e. The molecule has 8 nitrogen and oxygen atoms in total. The third-order valence-corrected chi connectivity index (χ3v) is 7.13. The van der Waals surface area contributed by atoms with Gasteiger partial charge in [-0.1, -0.05) is 48.0 Å². The Hall–Kier alpha value is -3.27. The number of hydrogen-bond acceptors (Lipinski definition) is 6. The molecule has 0 radical (unpaired) electrons. The zero-order chi connectivity index (χ0) is 25.5. The standard InChI is InChI=1S/C26H26ClN3O5S/c27-23-11-10-20(14-24(23)30(33)34)26(32)29(16-21-8-4-12-35-21)18-25(31)28(17-22-9-5-13-36-22)15-19-6-2-1-3-7-19/h1-3,5-7,9-11,13-14,21H,4,8,12,15-18H2/t21-/m1/s1. The van der Waals surface area contributed by atoms with Crippen LogP contribution in [-0.4, -0.2) is 52.3 Å². The molecular formula is C26H26ClN3O5S. The summed E-state index contributed by atoms with van der Waals surface area (Å²) >= 11 is 7.50. The van der Waals surface area contributed by atoms with Crippen LogP contribution < -0.4 is 0 Å². The van der Waals surface area contributed by atoms with E-state index in [1.165, 1.54) is 17.0 Å². The molecule has 1 aromatic heterocycles. The summed E-state index contributed by atoms with van der Waals surface area (Å²) in [5, 5.41) is 13.3. The van der Waals surface area contributed by atoms with Gasteiger partial charge in [0.05, 0.1) is 17.6 Å². The van der Waals surface area contributed by atoms with E-state index in [1.807, 2.05) is 47.8 Å². The Morgan fingerprint density at radius 1 is 1.08 bits per heavy atom. The molecule has 36 heavy (non-hydrogen) atoms. The van der Waals surface area contributed by atoms with E-state index in [2.05, 4.69) is 0 Å². The van der Waals surface area contributed by atoms with E-state index >= 15 is 0 Å². The number of carbonyl (C=O) groups excluding carboxylic acids is 2. The van der Waals surface area contributed by atoms with Crippen molar-refractivity contribution in [3.05, 3.63) is 97.2 Å². The van der Waals surface area contributed by atoms with Crippen LogP contribution in [-0.2, 0) is 22.6 Å². The Kier molecular flexibility index (Phi) is 8.69. The van der Waals surface area contributed by atoms with Gasteiger partial charge in [0.2, 0.25) is 5.91 Å². The highest BCUT2D eigenvalue weighted by Gasteiger charge is 2.28. The maximum absolute atomic E-state index is 13.6. The predicted molar refractivity (Wildman–Crippen MR) is 138 cm³/mol. The van der Waals surface area contributed by atoms with Crippen molar-refractivity contribution < 1.29 is 19.2 Å². The molecule has 2 heterocycles. The van der Waals surface area contributed by atoms with Gasteiger partial charge in [0, 0.05) is 36.2 Å². The van der Waals surface area contributed by atoms with Gasteiger partial charge in [-0.2, -0.15) is 0 Å². The van der Waals surface area contributed by atoms with Crippen LogP contribution in [0.3, 0.4) is 0 Å². The molecule has 0 unspecified atom stereocenters. The molecule has 1 fully saturated rings. The van der Waals surface area contributed by atoms with E-state index in [0.717, 1.165) is 29.3 Å². The summed E-state index contributed by atoms with van der Waals surface area (Å²) in [6.07, 6.45) is 1.47. The van der Waals surface area contributed by atoms with Crippen molar-refractivity contribution in [2.75, 3.05) is 19.7 Å². The largest absolute Gasteiger partial charge is 0.376 e. The predicted octanol–water partition coefficient (Wildman–Crippen LogP) is 5.16. The number of nitrogens with zero attached hydrogens (tertiary/aromatic N) is 3. The van der Waals surface area contributed by atoms with Gasteiger partial charge in [0.15, 0.2) is 0 Å². The maximum atomic E-state index is 13.6. The molecule has 0 saturated carbocycles. The van der Waals surface area contributed by atoms with Gasteiger partial charge >= 0.3 is 0 Å². The highest BCUT2D eigenvalue weighted by atomic mass is 35.5. The van der Waals surface area contributed by atoms with Crippen LogP contribution >= 0.6 is 22.9 Å². The number of nitro benzene ring substituents is 1. The molecule has 188 valence electrons. The summed E-state index contributed by atoms with van der Waals surface area (Å²) in [4.78, 5) is 42.0. The first-order valence-electron chi connectivity index (χ1n) is 11.6. The zero-order valence-corrected chi connectivity index (χ0v) is 21.1. The number of carbonyl (C=O) groups is 2. The zero-order valence-electron chi connectivity index (χ0n) is 19.5. The monoisotopic (exact) mass is 527 g/mol. The molecule has 3 aromatic rings. The minimum atomic E-state index is -0.628. The summed E-state index contributed by atoms with van der Waals surface area (Å²) in [6.45, 7) is 1.46. The second-order valence-electron chi connectivity index (χ2n) is 8.56. The summed E-state index contributed by atoms with van der Waals surface area (Å²) in [7, 11) is 0. The average molecular weight is 528 g/mol. The number of benzene rings is 2. The molecule has 0 aliphatic carbocycles. The first-order valence-corrected chi connectivity index (χ1v) is 12.9. The summed E-state index contributed by atoms with van der Waals surface area (Å²) in [5.41, 5.74) is 0.729. The summed E-state index contributed by atoms with van der Waals surface area (Å²) in [6, 6.07) is 17.5. The van der Waals surface area contributed by atoms with Crippen LogP contribution in [0.2, 0.25) is 5.02 Å². The van der Waals surface area contributed by atoms with Gasteiger partial charge in [-0.15, -0.1) is 11.3 Å². The van der Waals surface area contributed by atoms with Crippen molar-refractivity contribution >= 4 is 40.4 Å². The Morgan fingerprint density at radius 2 is 1.89 bits per heavy atom. The van der Waals surface area contributed by atoms with E-state index in [0.29, 0.717) is 19.7 Å². The Bertz CT molecular complexity index is 1200. The van der Waals surface area contributed by atoms with Crippen LogP contribution in [0.15, 0.2) is 66.0 Å². The second kappa shape index (κ2) is 12.1. The molecule has 0 bridgehead atoms. The van der Waals surface area contributed by atoms with E-state index in [1.54, 1.807) is 16.2 Å². The number of nitro groups is 1. The second-order valence-corrected chi connectivity index (χ2v) is 10.00.